The summed E-state index contributed by atoms with van der Waals surface area (Å²) >= 11 is 0. The molecule has 0 aliphatic rings. The average Bonchev–Trinajstić information content (AvgIpc) is 2.80. The molecule has 0 fully saturated rings. The minimum absolute atomic E-state index is 0.120. The van der Waals surface area contributed by atoms with Crippen molar-refractivity contribution in [1.82, 2.24) is 14.8 Å². The van der Waals surface area contributed by atoms with Crippen molar-refractivity contribution in [2.45, 2.75) is 32.4 Å². The van der Waals surface area contributed by atoms with Crippen molar-refractivity contribution in [1.29, 1.82) is 0 Å². The molecule has 0 saturated heterocycles. The van der Waals surface area contributed by atoms with Crippen LogP contribution in [0.15, 0.2) is 24.5 Å². The van der Waals surface area contributed by atoms with Gasteiger partial charge in [-0.05, 0) is 31.5 Å². The fourth-order valence-corrected chi connectivity index (χ4v) is 1.86. The van der Waals surface area contributed by atoms with Crippen molar-refractivity contribution in [3.63, 3.8) is 0 Å². The minimum Gasteiger partial charge on any atom is -0.388 e. The van der Waals surface area contributed by atoms with Crippen LogP contribution in [0.1, 0.15) is 37.4 Å². The lowest BCUT2D eigenvalue weighted by Gasteiger charge is -2.13. The third-order valence-electron chi connectivity index (χ3n) is 2.84. The number of rotatable bonds is 4. The molecule has 0 bridgehead atoms. The lowest BCUT2D eigenvalue weighted by Crippen LogP contribution is -2.12. The number of benzene rings is 1. The van der Waals surface area contributed by atoms with Crippen LogP contribution in [0, 0.1) is 11.6 Å². The summed E-state index contributed by atoms with van der Waals surface area (Å²) in [7, 11) is 0. The Morgan fingerprint density at radius 2 is 2.00 bits per heavy atom. The summed E-state index contributed by atoms with van der Waals surface area (Å²) < 4.78 is 27.6. The number of halogens is 2. The van der Waals surface area contributed by atoms with Gasteiger partial charge in [-0.1, -0.05) is 6.07 Å². The van der Waals surface area contributed by atoms with Gasteiger partial charge in [0.15, 0.2) is 11.6 Å². The van der Waals surface area contributed by atoms with Crippen molar-refractivity contribution in [2.75, 3.05) is 0 Å². The zero-order chi connectivity index (χ0) is 14.0. The summed E-state index contributed by atoms with van der Waals surface area (Å²) in [6, 6.07) is 3.48. The Morgan fingerprint density at radius 1 is 1.26 bits per heavy atom. The monoisotopic (exact) mass is 267 g/mol. The molecule has 0 spiro atoms. The van der Waals surface area contributed by atoms with Crippen molar-refractivity contribution in [3.05, 3.63) is 47.5 Å². The molecule has 0 saturated carbocycles. The Bertz CT molecular complexity index is 569. The van der Waals surface area contributed by atoms with E-state index in [1.165, 1.54) is 12.4 Å². The second-order valence-electron chi connectivity index (χ2n) is 4.61. The smallest absolute Gasteiger partial charge is 0.159 e. The van der Waals surface area contributed by atoms with Crippen LogP contribution >= 0.6 is 0 Å². The van der Waals surface area contributed by atoms with E-state index in [1.54, 1.807) is 4.68 Å². The zero-order valence-electron chi connectivity index (χ0n) is 10.7. The van der Waals surface area contributed by atoms with Crippen molar-refractivity contribution in [2.24, 2.45) is 0 Å². The molecule has 0 amide bonds. The number of aliphatic hydroxyl groups excluding tert-OH is 1. The number of hydrogen-bond donors (Lipinski definition) is 1. The molecule has 102 valence electrons. The summed E-state index contributed by atoms with van der Waals surface area (Å²) in [5, 5.41) is 14.1. The molecule has 1 atom stereocenters. The van der Waals surface area contributed by atoms with Crippen LogP contribution in [0.2, 0.25) is 0 Å². The summed E-state index contributed by atoms with van der Waals surface area (Å²) in [5.41, 5.74) is 0.317. The largest absolute Gasteiger partial charge is 0.388 e. The molecular weight excluding hydrogens is 252 g/mol. The highest BCUT2D eigenvalue weighted by Gasteiger charge is 2.16. The van der Waals surface area contributed by atoms with Gasteiger partial charge in [-0.15, -0.1) is 0 Å². The number of aliphatic hydroxyl groups is 1. The first kappa shape index (κ1) is 13.6. The molecule has 1 heterocycles. The summed E-state index contributed by atoms with van der Waals surface area (Å²) in [5.74, 6) is -1.30. The maximum Gasteiger partial charge on any atom is 0.159 e. The third kappa shape index (κ3) is 2.96. The highest BCUT2D eigenvalue weighted by atomic mass is 19.2. The molecule has 1 aromatic heterocycles. The van der Waals surface area contributed by atoms with Gasteiger partial charge in [-0.2, -0.15) is 5.10 Å². The second kappa shape index (κ2) is 5.44. The van der Waals surface area contributed by atoms with Gasteiger partial charge >= 0.3 is 0 Å². The van der Waals surface area contributed by atoms with E-state index in [4.69, 9.17) is 0 Å². The van der Waals surface area contributed by atoms with E-state index in [0.29, 0.717) is 11.4 Å². The molecule has 19 heavy (non-hydrogen) atoms. The molecule has 2 rings (SSSR count). The van der Waals surface area contributed by atoms with E-state index in [9.17, 15) is 13.9 Å². The molecule has 0 aliphatic heterocycles. The van der Waals surface area contributed by atoms with E-state index >= 15 is 0 Å². The van der Waals surface area contributed by atoms with Crippen LogP contribution < -0.4 is 0 Å². The molecular formula is C13H15F2N3O. The van der Waals surface area contributed by atoms with Gasteiger partial charge in [-0.25, -0.2) is 18.4 Å². The standard InChI is InChI=1S/C13H15F2N3O/c1-8(2)18-13(16-7-17-18)6-12(19)9-3-4-10(14)11(15)5-9/h3-5,7-8,12,19H,6H2,1-2H3. The highest BCUT2D eigenvalue weighted by molar-refractivity contribution is 5.20. The normalized spacial score (nSPS) is 12.9. The molecule has 0 aliphatic carbocycles. The molecule has 2 aromatic rings. The van der Waals surface area contributed by atoms with Gasteiger partial charge < -0.3 is 5.11 Å². The highest BCUT2D eigenvalue weighted by Crippen LogP contribution is 2.20. The number of aromatic nitrogens is 3. The fourth-order valence-electron chi connectivity index (χ4n) is 1.86. The zero-order valence-corrected chi connectivity index (χ0v) is 10.7. The third-order valence-corrected chi connectivity index (χ3v) is 2.84. The van der Waals surface area contributed by atoms with E-state index in [2.05, 4.69) is 10.1 Å². The minimum atomic E-state index is -0.970. The summed E-state index contributed by atoms with van der Waals surface area (Å²) in [4.78, 5) is 4.07. The Morgan fingerprint density at radius 3 is 2.63 bits per heavy atom. The first-order valence-electron chi connectivity index (χ1n) is 6.00. The molecule has 0 radical (unpaired) electrons. The lowest BCUT2D eigenvalue weighted by molar-refractivity contribution is 0.172. The topological polar surface area (TPSA) is 50.9 Å². The average molecular weight is 267 g/mol. The predicted octanol–water partition coefficient (Wildman–Crippen LogP) is 2.41. The Kier molecular flexibility index (Phi) is 3.90. The Balaban J connectivity index is 2.18. The van der Waals surface area contributed by atoms with E-state index in [1.807, 2.05) is 13.8 Å². The van der Waals surface area contributed by atoms with Crippen LogP contribution in [0.25, 0.3) is 0 Å². The molecule has 4 nitrogen and oxygen atoms in total. The van der Waals surface area contributed by atoms with Crippen LogP contribution in [0.3, 0.4) is 0 Å². The van der Waals surface area contributed by atoms with E-state index in [-0.39, 0.29) is 12.5 Å². The van der Waals surface area contributed by atoms with Gasteiger partial charge in [0.1, 0.15) is 12.2 Å². The van der Waals surface area contributed by atoms with Crippen LogP contribution in [0.5, 0.6) is 0 Å². The molecule has 1 unspecified atom stereocenters. The van der Waals surface area contributed by atoms with Gasteiger partial charge in [0.2, 0.25) is 0 Å². The second-order valence-corrected chi connectivity index (χ2v) is 4.61. The lowest BCUT2D eigenvalue weighted by atomic mass is 10.1. The number of nitrogens with zero attached hydrogens (tertiary/aromatic N) is 3. The van der Waals surface area contributed by atoms with Crippen LogP contribution in [0.4, 0.5) is 8.78 Å². The first-order valence-corrected chi connectivity index (χ1v) is 6.00. The molecule has 1 N–H and O–H groups in total. The Labute approximate surface area is 109 Å². The van der Waals surface area contributed by atoms with Gasteiger partial charge in [0, 0.05) is 12.5 Å². The van der Waals surface area contributed by atoms with Crippen molar-refractivity contribution < 1.29 is 13.9 Å². The van der Waals surface area contributed by atoms with Crippen LogP contribution in [-0.2, 0) is 6.42 Å². The SMILES string of the molecule is CC(C)n1ncnc1CC(O)c1ccc(F)c(F)c1. The predicted molar refractivity (Wildman–Crippen MR) is 65.4 cm³/mol. The molecule has 6 heteroatoms. The summed E-state index contributed by atoms with van der Waals surface area (Å²) in [6.45, 7) is 3.89. The van der Waals surface area contributed by atoms with Crippen molar-refractivity contribution in [3.8, 4) is 0 Å². The van der Waals surface area contributed by atoms with Gasteiger partial charge in [-0.3, -0.25) is 0 Å². The van der Waals surface area contributed by atoms with Gasteiger partial charge in [0.25, 0.3) is 0 Å². The summed E-state index contributed by atoms with van der Waals surface area (Å²) in [6.07, 6.45) is 0.660. The van der Waals surface area contributed by atoms with Crippen LogP contribution in [-0.4, -0.2) is 19.9 Å². The fraction of sp³-hybridized carbons (Fsp3) is 0.385. The van der Waals surface area contributed by atoms with E-state index in [0.717, 1.165) is 12.1 Å². The first-order chi connectivity index (χ1) is 8.99. The van der Waals surface area contributed by atoms with E-state index < -0.39 is 17.7 Å². The van der Waals surface area contributed by atoms with Gasteiger partial charge in [0.05, 0.1) is 6.10 Å². The maximum absolute atomic E-state index is 13.1. The Hall–Kier alpha value is -1.82. The van der Waals surface area contributed by atoms with Crippen molar-refractivity contribution >= 4 is 0 Å². The molecule has 1 aromatic carbocycles. The maximum atomic E-state index is 13.1. The number of hydrogen-bond acceptors (Lipinski definition) is 3. The quantitative estimate of drug-likeness (QED) is 0.925.